The number of allylic oxidation sites excluding steroid dienone is 8. The molecule has 0 unspecified atom stereocenters. The smallest absolute Gasteiger partial charge is 0.305 e. The summed E-state index contributed by atoms with van der Waals surface area (Å²) in [6.07, 6.45) is 48.7. The van der Waals surface area contributed by atoms with Crippen LogP contribution in [0.2, 0.25) is 0 Å². The summed E-state index contributed by atoms with van der Waals surface area (Å²) in [5.41, 5.74) is 0. The van der Waals surface area contributed by atoms with Gasteiger partial charge in [0, 0.05) is 38.2 Å². The lowest BCUT2D eigenvalue weighted by Gasteiger charge is -2.17. The third-order valence-corrected chi connectivity index (χ3v) is 11.1. The van der Waals surface area contributed by atoms with Gasteiger partial charge in [0.25, 0.3) is 0 Å². The van der Waals surface area contributed by atoms with Crippen molar-refractivity contribution in [3.8, 4) is 0 Å². The molecule has 0 heterocycles. The first kappa shape index (κ1) is 54.2. The van der Waals surface area contributed by atoms with E-state index >= 15 is 0 Å². The van der Waals surface area contributed by atoms with Crippen molar-refractivity contribution < 1.29 is 19.1 Å². The van der Waals surface area contributed by atoms with E-state index in [1.165, 1.54) is 96.3 Å². The summed E-state index contributed by atoms with van der Waals surface area (Å²) in [7, 11) is 4.31. The first-order chi connectivity index (χ1) is 27.5. The maximum atomic E-state index is 12.1. The number of carbonyl (C=O) groups is 2. The Hall–Kier alpha value is -1.83. The van der Waals surface area contributed by atoms with Gasteiger partial charge in [0.15, 0.2) is 0 Å². The molecular weight excluding hydrogens is 713 g/mol. The third-order valence-electron chi connectivity index (χ3n) is 10.0. The van der Waals surface area contributed by atoms with Gasteiger partial charge in [0.1, 0.15) is 0 Å². The van der Waals surface area contributed by atoms with E-state index in [0.717, 1.165) is 102 Å². The minimum Gasteiger partial charge on any atom is -0.466 e. The van der Waals surface area contributed by atoms with Crippen molar-refractivity contribution in [2.24, 2.45) is 0 Å². The molecule has 0 aliphatic heterocycles. The lowest BCUT2D eigenvalue weighted by Crippen LogP contribution is -2.24. The Bertz CT molecular complexity index is 890. The summed E-state index contributed by atoms with van der Waals surface area (Å²) in [4.78, 5) is 28.8. The van der Waals surface area contributed by atoms with Gasteiger partial charge < -0.3 is 19.3 Å². The van der Waals surface area contributed by atoms with Crippen molar-refractivity contribution in [2.45, 2.75) is 187 Å². The maximum absolute atomic E-state index is 12.1. The number of carbonyl (C=O) groups excluding carboxylic acids is 2. The zero-order valence-electron chi connectivity index (χ0n) is 37.3. The first-order valence-electron chi connectivity index (χ1n) is 23.4. The van der Waals surface area contributed by atoms with Crippen LogP contribution in [-0.4, -0.2) is 86.7 Å². The van der Waals surface area contributed by atoms with Crippen molar-refractivity contribution >= 4 is 23.7 Å². The molecule has 0 radical (unpaired) electrons. The molecule has 0 aliphatic rings. The average Bonchev–Trinajstić information content (AvgIpc) is 3.19. The van der Waals surface area contributed by atoms with E-state index in [-0.39, 0.29) is 11.9 Å². The summed E-state index contributed by atoms with van der Waals surface area (Å²) in [6, 6.07) is 0. The Morgan fingerprint density at radius 1 is 0.429 bits per heavy atom. The number of nitrogens with zero attached hydrogens (tertiary/aromatic N) is 2. The van der Waals surface area contributed by atoms with E-state index in [1.54, 1.807) is 0 Å². The zero-order chi connectivity index (χ0) is 40.8. The monoisotopic (exact) mass is 803 g/mol. The molecule has 7 heteroatoms. The average molecular weight is 803 g/mol. The summed E-state index contributed by atoms with van der Waals surface area (Å²) in [6.45, 7) is 9.60. The van der Waals surface area contributed by atoms with Gasteiger partial charge in [-0.25, -0.2) is 0 Å². The highest BCUT2D eigenvalue weighted by Gasteiger charge is 2.06. The molecule has 0 fully saturated rings. The third kappa shape index (κ3) is 44.9. The van der Waals surface area contributed by atoms with Crippen LogP contribution in [0.4, 0.5) is 0 Å². The van der Waals surface area contributed by atoms with Gasteiger partial charge in [-0.05, 0) is 123 Å². The molecule has 0 aromatic carbocycles. The fraction of sp³-hybridized carbons (Fsp3) is 0.796. The van der Waals surface area contributed by atoms with E-state index in [9.17, 15) is 9.59 Å². The zero-order valence-corrected chi connectivity index (χ0v) is 38.1. The standard InChI is InChI=1S/C49H90N2O4S/c1-5-7-9-11-13-15-17-19-21-23-25-27-29-31-33-38-48(52)54-44-35-40-50(3)42-37-46-56-47-43-51(4)41-36-45-55-49(53)39-34-32-30-28-26-24-22-20-18-16-14-12-10-8-6-2/h13-16,19-22H,5-12,17-18,23-47H2,1-4H3/b15-13-,16-14-,21-19-,22-20-. The molecule has 0 spiro atoms. The number of hydrogen-bond donors (Lipinski definition) is 0. The Morgan fingerprint density at radius 3 is 1.25 bits per heavy atom. The highest BCUT2D eigenvalue weighted by Crippen LogP contribution is 2.11. The fourth-order valence-corrected chi connectivity index (χ4v) is 7.31. The molecular formula is C49H90N2O4S. The van der Waals surface area contributed by atoms with Crippen LogP contribution in [0.1, 0.15) is 187 Å². The van der Waals surface area contributed by atoms with Crippen molar-refractivity contribution in [3.05, 3.63) is 48.6 Å². The summed E-state index contributed by atoms with van der Waals surface area (Å²) in [5, 5.41) is 0. The summed E-state index contributed by atoms with van der Waals surface area (Å²) < 4.78 is 10.9. The summed E-state index contributed by atoms with van der Waals surface area (Å²) >= 11 is 2.01. The SMILES string of the molecule is CCCCC/C=C\C/C=C\CCCCCCCC(=O)OCCCN(C)CCCSCCN(C)CCCOC(=O)CCCCCCC/C=C\C/C=C\CCCCC. The second kappa shape index (κ2) is 45.9. The van der Waals surface area contributed by atoms with Crippen molar-refractivity contribution in [3.63, 3.8) is 0 Å². The van der Waals surface area contributed by atoms with Gasteiger partial charge in [0.05, 0.1) is 13.2 Å². The molecule has 0 aromatic rings. The molecule has 0 aromatic heterocycles. The van der Waals surface area contributed by atoms with Crippen molar-refractivity contribution in [1.29, 1.82) is 0 Å². The van der Waals surface area contributed by atoms with Gasteiger partial charge in [-0.15, -0.1) is 0 Å². The predicted molar refractivity (Wildman–Crippen MR) is 247 cm³/mol. The fourth-order valence-electron chi connectivity index (χ4n) is 6.33. The van der Waals surface area contributed by atoms with E-state index in [0.29, 0.717) is 26.1 Å². The van der Waals surface area contributed by atoms with Gasteiger partial charge in [0.2, 0.25) is 0 Å². The molecule has 0 saturated heterocycles. The lowest BCUT2D eigenvalue weighted by atomic mass is 10.1. The molecule has 0 aliphatic carbocycles. The second-order valence-corrected chi connectivity index (χ2v) is 16.9. The van der Waals surface area contributed by atoms with Crippen molar-refractivity contribution in [1.82, 2.24) is 9.80 Å². The van der Waals surface area contributed by atoms with E-state index < -0.39 is 0 Å². The van der Waals surface area contributed by atoms with E-state index in [2.05, 4.69) is 86.4 Å². The van der Waals surface area contributed by atoms with Crippen LogP contribution < -0.4 is 0 Å². The van der Waals surface area contributed by atoms with E-state index in [1.807, 2.05) is 11.8 Å². The molecule has 326 valence electrons. The largest absolute Gasteiger partial charge is 0.466 e. The number of unbranched alkanes of at least 4 members (excludes halogenated alkanes) is 16. The van der Waals surface area contributed by atoms with Crippen LogP contribution in [0.25, 0.3) is 0 Å². The van der Waals surface area contributed by atoms with Crippen LogP contribution >= 0.6 is 11.8 Å². The topological polar surface area (TPSA) is 59.1 Å². The molecule has 0 saturated carbocycles. The molecule has 56 heavy (non-hydrogen) atoms. The molecule has 0 amide bonds. The summed E-state index contributed by atoms with van der Waals surface area (Å²) in [5.74, 6) is 2.20. The van der Waals surface area contributed by atoms with Gasteiger partial charge in [-0.2, -0.15) is 11.8 Å². The van der Waals surface area contributed by atoms with Gasteiger partial charge in [-0.1, -0.05) is 127 Å². The second-order valence-electron chi connectivity index (χ2n) is 15.7. The minimum absolute atomic E-state index is 0.0384. The molecule has 0 N–H and O–H groups in total. The highest BCUT2D eigenvalue weighted by atomic mass is 32.2. The molecule has 0 atom stereocenters. The number of hydrogen-bond acceptors (Lipinski definition) is 7. The lowest BCUT2D eigenvalue weighted by molar-refractivity contribution is -0.144. The predicted octanol–water partition coefficient (Wildman–Crippen LogP) is 13.5. The van der Waals surface area contributed by atoms with Crippen LogP contribution in [0.15, 0.2) is 48.6 Å². The molecule has 0 rings (SSSR count). The van der Waals surface area contributed by atoms with Gasteiger partial charge >= 0.3 is 11.9 Å². The van der Waals surface area contributed by atoms with Crippen LogP contribution in [0.5, 0.6) is 0 Å². The van der Waals surface area contributed by atoms with Crippen LogP contribution in [0, 0.1) is 0 Å². The first-order valence-corrected chi connectivity index (χ1v) is 24.5. The normalized spacial score (nSPS) is 12.2. The van der Waals surface area contributed by atoms with Gasteiger partial charge in [-0.3, -0.25) is 9.59 Å². The highest BCUT2D eigenvalue weighted by molar-refractivity contribution is 7.99. The Morgan fingerprint density at radius 2 is 0.804 bits per heavy atom. The number of esters is 2. The van der Waals surface area contributed by atoms with Crippen molar-refractivity contribution in [2.75, 3.05) is 65.0 Å². The molecule has 0 bridgehead atoms. The van der Waals surface area contributed by atoms with Crippen LogP contribution in [0.3, 0.4) is 0 Å². The molecule has 6 nitrogen and oxygen atoms in total. The Kier molecular flexibility index (Phi) is 44.4. The Labute approximate surface area is 352 Å². The number of rotatable bonds is 43. The van der Waals surface area contributed by atoms with Crippen LogP contribution in [-0.2, 0) is 19.1 Å². The Balaban J connectivity index is 3.47. The number of thioether (sulfide) groups is 1. The van der Waals surface area contributed by atoms with E-state index in [4.69, 9.17) is 9.47 Å². The number of ether oxygens (including phenoxy) is 2. The minimum atomic E-state index is -0.0392. The maximum Gasteiger partial charge on any atom is 0.305 e. The quantitative estimate of drug-likeness (QED) is 0.0346.